The number of alkyl halides is 3. The van der Waals surface area contributed by atoms with Gasteiger partial charge in [0.05, 0.1) is 11.3 Å². The Balaban J connectivity index is 2.16. The monoisotopic (exact) mass is 316 g/mol. The van der Waals surface area contributed by atoms with Crippen molar-refractivity contribution in [3.63, 3.8) is 0 Å². The highest BCUT2D eigenvalue weighted by molar-refractivity contribution is 5.62. The van der Waals surface area contributed by atoms with Crippen LogP contribution in [0.3, 0.4) is 0 Å². The van der Waals surface area contributed by atoms with Gasteiger partial charge >= 0.3 is 6.18 Å². The third-order valence-electron chi connectivity index (χ3n) is 3.77. The van der Waals surface area contributed by atoms with Crippen LogP contribution in [0, 0.1) is 13.8 Å². The van der Waals surface area contributed by atoms with Gasteiger partial charge in [-0.3, -0.25) is 4.57 Å². The Labute approximate surface area is 132 Å². The van der Waals surface area contributed by atoms with Crippen molar-refractivity contribution in [2.24, 2.45) is 0 Å². The maximum Gasteiger partial charge on any atom is 0.416 e. The minimum atomic E-state index is -4.37. The van der Waals surface area contributed by atoms with Gasteiger partial charge < -0.3 is 0 Å². The van der Waals surface area contributed by atoms with E-state index < -0.39 is 11.7 Å². The van der Waals surface area contributed by atoms with E-state index in [-0.39, 0.29) is 0 Å². The average molecular weight is 316 g/mol. The summed E-state index contributed by atoms with van der Waals surface area (Å²) in [5.41, 5.74) is 2.78. The molecule has 0 atom stereocenters. The smallest absolute Gasteiger partial charge is 0.299 e. The van der Waals surface area contributed by atoms with Crippen LogP contribution in [0.2, 0.25) is 0 Å². The summed E-state index contributed by atoms with van der Waals surface area (Å²) < 4.78 is 40.6. The van der Waals surface area contributed by atoms with Gasteiger partial charge in [0, 0.05) is 18.0 Å². The van der Waals surface area contributed by atoms with Crippen molar-refractivity contribution >= 4 is 0 Å². The van der Waals surface area contributed by atoms with E-state index in [1.54, 1.807) is 18.5 Å². The van der Waals surface area contributed by atoms with Crippen molar-refractivity contribution in [1.29, 1.82) is 0 Å². The van der Waals surface area contributed by atoms with E-state index in [9.17, 15) is 13.2 Å². The third kappa shape index (κ3) is 2.86. The second kappa shape index (κ2) is 5.57. The van der Waals surface area contributed by atoms with Gasteiger partial charge in [0.2, 0.25) is 0 Å². The highest BCUT2D eigenvalue weighted by atomic mass is 19.4. The van der Waals surface area contributed by atoms with E-state index in [1.807, 2.05) is 36.6 Å². The van der Waals surface area contributed by atoms with Gasteiger partial charge in [-0.05, 0) is 37.1 Å². The van der Waals surface area contributed by atoms with Crippen LogP contribution in [-0.2, 0) is 6.18 Å². The number of halogens is 3. The SMILES string of the molecule is Cc1cccc(C)c1-n1ccnc1-c1cccc(C(F)(F)F)c1. The van der Waals surface area contributed by atoms with Crippen molar-refractivity contribution in [3.05, 3.63) is 71.5 Å². The van der Waals surface area contributed by atoms with Gasteiger partial charge in [0.25, 0.3) is 0 Å². The largest absolute Gasteiger partial charge is 0.416 e. The first-order valence-electron chi connectivity index (χ1n) is 7.15. The van der Waals surface area contributed by atoms with Crippen LogP contribution in [0.25, 0.3) is 17.1 Å². The van der Waals surface area contributed by atoms with Crippen molar-refractivity contribution in [2.75, 3.05) is 0 Å². The first-order chi connectivity index (χ1) is 10.9. The predicted molar refractivity (Wildman–Crippen MR) is 83.5 cm³/mol. The molecule has 2 aromatic carbocycles. The fourth-order valence-corrected chi connectivity index (χ4v) is 2.72. The number of benzene rings is 2. The lowest BCUT2D eigenvalue weighted by Gasteiger charge is -2.14. The zero-order chi connectivity index (χ0) is 16.6. The van der Waals surface area contributed by atoms with Crippen molar-refractivity contribution in [1.82, 2.24) is 9.55 Å². The summed E-state index contributed by atoms with van der Waals surface area (Å²) in [4.78, 5) is 4.26. The fourth-order valence-electron chi connectivity index (χ4n) is 2.72. The molecule has 0 saturated heterocycles. The van der Waals surface area contributed by atoms with Gasteiger partial charge in [-0.25, -0.2) is 4.98 Å². The van der Waals surface area contributed by atoms with Crippen LogP contribution >= 0.6 is 0 Å². The Morgan fingerprint density at radius 1 is 0.957 bits per heavy atom. The van der Waals surface area contributed by atoms with Crippen LogP contribution in [0.15, 0.2) is 54.9 Å². The molecule has 0 amide bonds. The highest BCUT2D eigenvalue weighted by Crippen LogP contribution is 2.33. The molecule has 0 aliphatic rings. The molecule has 0 fully saturated rings. The normalized spacial score (nSPS) is 11.7. The summed E-state index contributed by atoms with van der Waals surface area (Å²) in [7, 11) is 0. The summed E-state index contributed by atoms with van der Waals surface area (Å²) in [6.45, 7) is 3.94. The standard InChI is InChI=1S/C18H15F3N2/c1-12-5-3-6-13(2)16(12)23-10-9-22-17(23)14-7-4-8-15(11-14)18(19,20)21/h3-11H,1-2H3. The Morgan fingerprint density at radius 3 is 2.26 bits per heavy atom. The second-order valence-corrected chi connectivity index (χ2v) is 5.44. The third-order valence-corrected chi connectivity index (χ3v) is 3.77. The zero-order valence-electron chi connectivity index (χ0n) is 12.7. The van der Waals surface area contributed by atoms with Crippen molar-refractivity contribution in [2.45, 2.75) is 20.0 Å². The molecule has 0 bridgehead atoms. The lowest BCUT2D eigenvalue weighted by molar-refractivity contribution is -0.137. The number of hydrogen-bond donors (Lipinski definition) is 0. The van der Waals surface area contributed by atoms with Crippen LogP contribution in [-0.4, -0.2) is 9.55 Å². The molecule has 0 aliphatic carbocycles. The van der Waals surface area contributed by atoms with Gasteiger partial charge in [0.1, 0.15) is 5.82 Å². The molecule has 0 N–H and O–H groups in total. The highest BCUT2D eigenvalue weighted by Gasteiger charge is 2.30. The van der Waals surface area contributed by atoms with Gasteiger partial charge in [-0.15, -0.1) is 0 Å². The molecular weight excluding hydrogens is 301 g/mol. The van der Waals surface area contributed by atoms with E-state index in [0.717, 1.165) is 28.9 Å². The topological polar surface area (TPSA) is 17.8 Å². The molecule has 0 aliphatic heterocycles. The number of para-hydroxylation sites is 1. The average Bonchev–Trinajstić information content (AvgIpc) is 2.95. The first kappa shape index (κ1) is 15.3. The van der Waals surface area contributed by atoms with E-state index in [4.69, 9.17) is 0 Å². The number of imidazole rings is 1. The maximum atomic E-state index is 12.9. The molecule has 2 nitrogen and oxygen atoms in total. The Hall–Kier alpha value is -2.56. The minimum absolute atomic E-state index is 0.437. The number of hydrogen-bond acceptors (Lipinski definition) is 1. The molecule has 1 aromatic heterocycles. The van der Waals surface area contributed by atoms with Crippen LogP contribution < -0.4 is 0 Å². The lowest BCUT2D eigenvalue weighted by atomic mass is 10.1. The molecule has 1 heterocycles. The molecule has 3 rings (SSSR count). The summed E-state index contributed by atoms with van der Waals surface area (Å²) in [6.07, 6.45) is -1.00. The van der Waals surface area contributed by atoms with Gasteiger partial charge in [0.15, 0.2) is 0 Å². The summed E-state index contributed by atoms with van der Waals surface area (Å²) >= 11 is 0. The maximum absolute atomic E-state index is 12.9. The molecule has 0 radical (unpaired) electrons. The minimum Gasteiger partial charge on any atom is -0.299 e. The molecule has 0 unspecified atom stereocenters. The van der Waals surface area contributed by atoms with Gasteiger partial charge in [-0.1, -0.05) is 30.3 Å². The van der Waals surface area contributed by atoms with Crippen molar-refractivity contribution < 1.29 is 13.2 Å². The van der Waals surface area contributed by atoms with Crippen LogP contribution in [0.1, 0.15) is 16.7 Å². The van der Waals surface area contributed by atoms with Crippen LogP contribution in [0.5, 0.6) is 0 Å². The van der Waals surface area contributed by atoms with E-state index in [2.05, 4.69) is 4.98 Å². The molecule has 23 heavy (non-hydrogen) atoms. The van der Waals surface area contributed by atoms with Crippen LogP contribution in [0.4, 0.5) is 13.2 Å². The van der Waals surface area contributed by atoms with E-state index in [0.29, 0.717) is 11.4 Å². The summed E-state index contributed by atoms with van der Waals surface area (Å²) in [5, 5.41) is 0. The number of aromatic nitrogens is 2. The predicted octanol–water partition coefficient (Wildman–Crippen LogP) is 5.17. The molecule has 5 heteroatoms. The zero-order valence-corrected chi connectivity index (χ0v) is 12.7. The van der Waals surface area contributed by atoms with Crippen molar-refractivity contribution in [3.8, 4) is 17.1 Å². The molecular formula is C18H15F3N2. The Morgan fingerprint density at radius 2 is 1.61 bits per heavy atom. The molecule has 0 saturated carbocycles. The molecule has 118 valence electrons. The summed E-state index contributed by atoms with van der Waals surface area (Å²) in [5.74, 6) is 0.494. The molecule has 0 spiro atoms. The fraction of sp³-hybridized carbons (Fsp3) is 0.167. The summed E-state index contributed by atoms with van der Waals surface area (Å²) in [6, 6.07) is 11.1. The quantitative estimate of drug-likeness (QED) is 0.637. The van der Waals surface area contributed by atoms with E-state index >= 15 is 0 Å². The second-order valence-electron chi connectivity index (χ2n) is 5.44. The Bertz CT molecular complexity index is 827. The first-order valence-corrected chi connectivity index (χ1v) is 7.15. The number of aryl methyl sites for hydroxylation is 2. The molecule has 3 aromatic rings. The van der Waals surface area contributed by atoms with E-state index in [1.165, 1.54) is 6.07 Å². The Kier molecular flexibility index (Phi) is 3.72. The number of nitrogens with zero attached hydrogens (tertiary/aromatic N) is 2. The number of rotatable bonds is 2. The van der Waals surface area contributed by atoms with Gasteiger partial charge in [-0.2, -0.15) is 13.2 Å². The lowest BCUT2D eigenvalue weighted by Crippen LogP contribution is -2.06.